The van der Waals surface area contributed by atoms with E-state index < -0.39 is 0 Å². The monoisotopic (exact) mass is 845 g/mol. The SMILES string of the molecule is C=CC1=C(/C=C\C)N(c2ccc([C@H]3N[C@@H](C(=C)/C=C\C(=C/C)N4c5ccccc5N(c5ccccc5)c5ccccc54)NN3c3ccccc3)cc2)c2ccccc2N1c1ccccc1. The molecule has 7 nitrogen and oxygen atoms in total. The Kier molecular flexibility index (Phi) is 11.3. The fraction of sp³-hybridized carbons (Fsp3) is 0.0690. The van der Waals surface area contributed by atoms with Crippen LogP contribution in [0.25, 0.3) is 0 Å². The molecule has 318 valence electrons. The molecule has 0 unspecified atom stereocenters. The van der Waals surface area contributed by atoms with E-state index in [2.05, 4.69) is 269 Å². The summed E-state index contributed by atoms with van der Waals surface area (Å²) in [6.45, 7) is 13.1. The number of para-hydroxylation sites is 9. The molecule has 2 atom stereocenters. The fourth-order valence-corrected chi connectivity index (χ4v) is 9.18. The number of rotatable bonds is 11. The summed E-state index contributed by atoms with van der Waals surface area (Å²) in [5.41, 5.74) is 19.8. The molecule has 3 aliphatic heterocycles. The van der Waals surface area contributed by atoms with Crippen LogP contribution >= 0.6 is 0 Å². The lowest BCUT2D eigenvalue weighted by Crippen LogP contribution is -2.37. The van der Waals surface area contributed by atoms with Crippen LogP contribution in [0.15, 0.2) is 260 Å². The molecule has 1 fully saturated rings. The summed E-state index contributed by atoms with van der Waals surface area (Å²) in [4.78, 5) is 9.31. The van der Waals surface area contributed by atoms with E-state index in [0.29, 0.717) is 0 Å². The van der Waals surface area contributed by atoms with Gasteiger partial charge in [0.25, 0.3) is 0 Å². The number of nitrogens with one attached hydrogen (secondary N) is 2. The molecule has 2 N–H and O–H groups in total. The number of hydrazine groups is 1. The average Bonchev–Trinajstić information content (AvgIpc) is 3.83. The van der Waals surface area contributed by atoms with Crippen molar-refractivity contribution in [3.05, 3.63) is 266 Å². The highest BCUT2D eigenvalue weighted by molar-refractivity contribution is 5.99. The van der Waals surface area contributed by atoms with Crippen LogP contribution in [-0.4, -0.2) is 6.17 Å². The summed E-state index contributed by atoms with van der Waals surface area (Å²) in [6.07, 6.45) is 12.2. The Hall–Kier alpha value is -8.10. The van der Waals surface area contributed by atoms with Crippen LogP contribution in [0.3, 0.4) is 0 Å². The van der Waals surface area contributed by atoms with Gasteiger partial charge in [-0.3, -0.25) is 10.3 Å². The molecule has 1 saturated heterocycles. The molecule has 0 spiro atoms. The zero-order valence-electron chi connectivity index (χ0n) is 36.7. The van der Waals surface area contributed by atoms with Gasteiger partial charge >= 0.3 is 0 Å². The number of fused-ring (bicyclic) bond motifs is 3. The molecule has 0 radical (unpaired) electrons. The lowest BCUT2D eigenvalue weighted by Gasteiger charge is -2.40. The van der Waals surface area contributed by atoms with Gasteiger partial charge in [-0.05, 0) is 128 Å². The maximum absolute atomic E-state index is 4.63. The summed E-state index contributed by atoms with van der Waals surface area (Å²) >= 11 is 0. The minimum Gasteiger partial charge on any atom is -0.307 e. The Balaban J connectivity index is 0.953. The average molecular weight is 846 g/mol. The predicted molar refractivity (Wildman–Crippen MR) is 273 cm³/mol. The lowest BCUT2D eigenvalue weighted by molar-refractivity contribution is 0.597. The van der Waals surface area contributed by atoms with Crippen molar-refractivity contribution in [1.82, 2.24) is 10.7 Å². The molecule has 3 aliphatic rings. The molecule has 0 bridgehead atoms. The third-order valence-corrected chi connectivity index (χ3v) is 12.1. The largest absolute Gasteiger partial charge is 0.307 e. The molecule has 0 aliphatic carbocycles. The maximum atomic E-state index is 4.63. The Morgan fingerprint density at radius 3 is 1.45 bits per heavy atom. The quantitative estimate of drug-likeness (QED) is 0.126. The van der Waals surface area contributed by atoms with E-state index >= 15 is 0 Å². The molecular weight excluding hydrogens is 795 g/mol. The summed E-state index contributed by atoms with van der Waals surface area (Å²) in [6, 6.07) is 66.2. The van der Waals surface area contributed by atoms with Gasteiger partial charge in [0.1, 0.15) is 12.3 Å². The fourth-order valence-electron chi connectivity index (χ4n) is 9.18. The Morgan fingerprint density at radius 1 is 0.492 bits per heavy atom. The van der Waals surface area contributed by atoms with E-state index in [0.717, 1.165) is 85.1 Å². The van der Waals surface area contributed by atoms with Crippen molar-refractivity contribution in [2.24, 2.45) is 0 Å². The van der Waals surface area contributed by atoms with Crippen molar-refractivity contribution in [2.75, 3.05) is 24.6 Å². The van der Waals surface area contributed by atoms with E-state index in [9.17, 15) is 0 Å². The van der Waals surface area contributed by atoms with E-state index in [4.69, 9.17) is 0 Å². The summed E-state index contributed by atoms with van der Waals surface area (Å²) in [5, 5.41) is 6.09. The van der Waals surface area contributed by atoms with Crippen molar-refractivity contribution < 1.29 is 0 Å². The highest BCUT2D eigenvalue weighted by Crippen LogP contribution is 2.53. The molecule has 7 aromatic rings. The second-order valence-electron chi connectivity index (χ2n) is 16.0. The second-order valence-corrected chi connectivity index (χ2v) is 16.0. The molecular formula is C58H51N7. The first kappa shape index (κ1) is 40.9. The first-order chi connectivity index (χ1) is 32.1. The molecule has 65 heavy (non-hydrogen) atoms. The molecule has 0 amide bonds. The molecule has 0 aromatic heterocycles. The number of hydrogen-bond acceptors (Lipinski definition) is 7. The van der Waals surface area contributed by atoms with Crippen LogP contribution in [0.4, 0.5) is 56.9 Å². The van der Waals surface area contributed by atoms with Crippen molar-refractivity contribution >= 4 is 56.9 Å². The highest BCUT2D eigenvalue weighted by atomic mass is 15.7. The highest BCUT2D eigenvalue weighted by Gasteiger charge is 2.35. The van der Waals surface area contributed by atoms with Crippen LogP contribution in [0.1, 0.15) is 25.6 Å². The lowest BCUT2D eigenvalue weighted by atomic mass is 10.0. The maximum Gasteiger partial charge on any atom is 0.122 e. The second kappa shape index (κ2) is 17.9. The van der Waals surface area contributed by atoms with Gasteiger partial charge in [-0.25, -0.2) is 5.43 Å². The van der Waals surface area contributed by atoms with Crippen LogP contribution in [0.2, 0.25) is 0 Å². The van der Waals surface area contributed by atoms with Crippen molar-refractivity contribution in [3.8, 4) is 0 Å². The van der Waals surface area contributed by atoms with Crippen LogP contribution < -0.4 is 35.4 Å². The zero-order valence-corrected chi connectivity index (χ0v) is 36.7. The number of nitrogens with zero attached hydrogens (tertiary/aromatic N) is 5. The Morgan fingerprint density at radius 2 is 0.938 bits per heavy atom. The summed E-state index contributed by atoms with van der Waals surface area (Å²) in [7, 11) is 0. The van der Waals surface area contributed by atoms with Crippen LogP contribution in [0, 0.1) is 0 Å². The number of hydrogen-bond donors (Lipinski definition) is 2. The summed E-state index contributed by atoms with van der Waals surface area (Å²) in [5.74, 6) is 0. The van der Waals surface area contributed by atoms with Gasteiger partial charge in [-0.2, -0.15) is 0 Å². The van der Waals surface area contributed by atoms with E-state index in [1.165, 1.54) is 0 Å². The van der Waals surface area contributed by atoms with E-state index in [1.807, 2.05) is 18.2 Å². The summed E-state index contributed by atoms with van der Waals surface area (Å²) < 4.78 is 0. The third-order valence-electron chi connectivity index (χ3n) is 12.1. The normalized spacial score (nSPS) is 17.1. The van der Waals surface area contributed by atoms with Gasteiger partial charge in [0, 0.05) is 22.8 Å². The minimum absolute atomic E-state index is 0.191. The van der Waals surface area contributed by atoms with Crippen molar-refractivity contribution in [3.63, 3.8) is 0 Å². The zero-order chi connectivity index (χ0) is 44.3. The Bertz CT molecular complexity index is 2920. The molecule has 7 heteroatoms. The van der Waals surface area contributed by atoms with Gasteiger partial charge in [-0.15, -0.1) is 0 Å². The molecule has 7 aromatic carbocycles. The standard InChI is InChI=1S/C58H51N7/c1-5-23-50-49(7-3)62(45-24-11-8-12-25-45)53-32-19-22-35-56(53)64(50)47-40-37-43(38-41-47)58-59-57(60-65(58)48-28-15-10-16-29-48)42(4)36-39-44(6-2)61-51-30-17-20-33-54(51)63(46-26-13-9-14-27-46)55-34-21-18-31-52(55)61/h5-41,57-60H,3-4H2,1-2H3/b23-5-,39-36-,44-6+/t57-,58+/m1/s1. The Labute approximate surface area is 382 Å². The molecule has 0 saturated carbocycles. The predicted octanol–water partition coefficient (Wildman–Crippen LogP) is 14.5. The third kappa shape index (κ3) is 7.53. The van der Waals surface area contributed by atoms with E-state index in [1.54, 1.807) is 0 Å². The molecule has 10 rings (SSSR count). The van der Waals surface area contributed by atoms with Crippen molar-refractivity contribution in [2.45, 2.75) is 26.2 Å². The van der Waals surface area contributed by atoms with Crippen LogP contribution in [-0.2, 0) is 0 Å². The van der Waals surface area contributed by atoms with Crippen molar-refractivity contribution in [1.29, 1.82) is 0 Å². The smallest absolute Gasteiger partial charge is 0.122 e. The molecule has 3 heterocycles. The number of anilines is 10. The van der Waals surface area contributed by atoms with E-state index in [-0.39, 0.29) is 12.3 Å². The van der Waals surface area contributed by atoms with Gasteiger partial charge in [0.05, 0.1) is 51.2 Å². The van der Waals surface area contributed by atoms with Gasteiger partial charge in [0.2, 0.25) is 0 Å². The first-order valence-electron chi connectivity index (χ1n) is 22.1. The number of benzene rings is 7. The number of allylic oxidation sites excluding steroid dienone is 5. The van der Waals surface area contributed by atoms with Crippen LogP contribution in [0.5, 0.6) is 0 Å². The topological polar surface area (TPSA) is 40.3 Å². The van der Waals surface area contributed by atoms with Gasteiger partial charge < -0.3 is 19.6 Å². The minimum atomic E-state index is -0.249. The first-order valence-corrected chi connectivity index (χ1v) is 22.1. The van der Waals surface area contributed by atoms with Gasteiger partial charge in [-0.1, -0.05) is 135 Å². The van der Waals surface area contributed by atoms with Gasteiger partial charge in [0.15, 0.2) is 0 Å².